The van der Waals surface area contributed by atoms with Gasteiger partial charge in [0.15, 0.2) is 20.4 Å². The number of likely N-dealkylation sites (N-methyl/N-ethyl adjacent to an activating group) is 1. The summed E-state index contributed by atoms with van der Waals surface area (Å²) in [6, 6.07) is 5.41. The number of benzene rings is 1. The van der Waals surface area contributed by atoms with Crippen LogP contribution in [0.25, 0.3) is 0 Å². The van der Waals surface area contributed by atoms with E-state index < -0.39 is 14.6 Å². The van der Waals surface area contributed by atoms with Gasteiger partial charge < -0.3 is 9.84 Å². The molecule has 1 amide bonds. The molecule has 1 aliphatic rings. The second-order valence-corrected chi connectivity index (χ2v) is 9.07. The zero-order valence-electron chi connectivity index (χ0n) is 15.2. The highest BCUT2D eigenvalue weighted by atomic mass is 32.2. The lowest BCUT2D eigenvalue weighted by Gasteiger charge is -2.25. The van der Waals surface area contributed by atoms with Crippen LogP contribution in [0.3, 0.4) is 0 Å². The van der Waals surface area contributed by atoms with Gasteiger partial charge in [-0.3, -0.25) is 4.79 Å². The number of amides is 1. The van der Waals surface area contributed by atoms with Gasteiger partial charge in [0.05, 0.1) is 11.3 Å². The van der Waals surface area contributed by atoms with E-state index in [-0.39, 0.29) is 24.0 Å². The van der Waals surface area contributed by atoms with Gasteiger partial charge in [-0.05, 0) is 43.9 Å². The van der Waals surface area contributed by atoms with E-state index in [1.165, 1.54) is 7.05 Å². The summed E-state index contributed by atoms with van der Waals surface area (Å²) in [6.45, 7) is 3.66. The molecule has 26 heavy (non-hydrogen) atoms. The first kappa shape index (κ1) is 18.6. The van der Waals surface area contributed by atoms with Crippen LogP contribution >= 0.6 is 0 Å². The van der Waals surface area contributed by atoms with Crippen molar-refractivity contribution in [3.05, 3.63) is 41.0 Å². The molecule has 0 atom stereocenters. The quantitative estimate of drug-likeness (QED) is 0.857. The van der Waals surface area contributed by atoms with Crippen molar-refractivity contribution in [3.8, 4) is 0 Å². The molecule has 1 saturated carbocycles. The summed E-state index contributed by atoms with van der Waals surface area (Å²) in [7, 11) is -2.20. The van der Waals surface area contributed by atoms with Gasteiger partial charge in [-0.2, -0.15) is 4.98 Å². The van der Waals surface area contributed by atoms with Gasteiger partial charge in [0.25, 0.3) is 0 Å². The second kappa shape index (κ2) is 6.83. The molecule has 1 aromatic heterocycles. The highest BCUT2D eigenvalue weighted by Gasteiger charge is 2.53. The molecule has 0 aliphatic heterocycles. The Morgan fingerprint density at radius 3 is 2.62 bits per heavy atom. The normalized spacial score (nSPS) is 16.6. The fourth-order valence-corrected chi connectivity index (χ4v) is 5.89. The zero-order valence-corrected chi connectivity index (χ0v) is 16.0. The maximum atomic E-state index is 13.6. The summed E-state index contributed by atoms with van der Waals surface area (Å²) in [5.41, 5.74) is 1.58. The Hall–Kier alpha value is -2.22. The van der Waals surface area contributed by atoms with Crippen LogP contribution in [-0.4, -0.2) is 31.5 Å². The lowest BCUT2D eigenvalue weighted by Crippen LogP contribution is -2.34. The molecule has 1 aromatic carbocycles. The van der Waals surface area contributed by atoms with Crippen LogP contribution in [0.2, 0.25) is 0 Å². The summed E-state index contributed by atoms with van der Waals surface area (Å²) >= 11 is 0. The number of rotatable bonds is 5. The SMILES string of the molecule is CNC(=O)Cc1noc(C2(S(=O)(=O)c3cc(C)ccc3C)CCCC2)n1. The molecule has 7 nitrogen and oxygen atoms in total. The lowest BCUT2D eigenvalue weighted by atomic mass is 10.1. The molecule has 2 aromatic rings. The van der Waals surface area contributed by atoms with Crippen molar-refractivity contribution in [2.45, 2.75) is 55.6 Å². The van der Waals surface area contributed by atoms with Crippen molar-refractivity contribution < 1.29 is 17.7 Å². The number of sulfone groups is 1. The first-order chi connectivity index (χ1) is 12.3. The summed E-state index contributed by atoms with van der Waals surface area (Å²) in [5, 5.41) is 6.32. The highest BCUT2D eigenvalue weighted by molar-refractivity contribution is 7.92. The number of nitrogens with one attached hydrogen (secondary N) is 1. The smallest absolute Gasteiger partial charge is 0.248 e. The molecule has 1 fully saturated rings. The Balaban J connectivity index is 2.08. The number of aryl methyl sites for hydroxylation is 2. The van der Waals surface area contributed by atoms with Crippen molar-refractivity contribution in [1.29, 1.82) is 0 Å². The van der Waals surface area contributed by atoms with Crippen LogP contribution < -0.4 is 5.32 Å². The fourth-order valence-electron chi connectivity index (χ4n) is 3.49. The van der Waals surface area contributed by atoms with Crippen LogP contribution in [0.5, 0.6) is 0 Å². The van der Waals surface area contributed by atoms with Gasteiger partial charge in [0.1, 0.15) is 0 Å². The van der Waals surface area contributed by atoms with Crippen LogP contribution in [-0.2, 0) is 25.8 Å². The molecule has 140 valence electrons. The largest absolute Gasteiger partial charge is 0.359 e. The van der Waals surface area contributed by atoms with Crippen LogP contribution in [0, 0.1) is 13.8 Å². The van der Waals surface area contributed by atoms with E-state index in [2.05, 4.69) is 15.5 Å². The van der Waals surface area contributed by atoms with Crippen LogP contribution in [0.1, 0.15) is 48.5 Å². The molecule has 1 aliphatic carbocycles. The minimum atomic E-state index is -3.72. The second-order valence-electron chi connectivity index (χ2n) is 6.84. The Morgan fingerprint density at radius 2 is 1.96 bits per heavy atom. The maximum absolute atomic E-state index is 13.6. The van der Waals surface area contributed by atoms with Crippen molar-refractivity contribution in [2.75, 3.05) is 7.05 Å². The third kappa shape index (κ3) is 3.02. The van der Waals surface area contributed by atoms with Gasteiger partial charge in [-0.1, -0.05) is 30.1 Å². The number of nitrogens with zero attached hydrogens (tertiary/aromatic N) is 2. The minimum Gasteiger partial charge on any atom is -0.359 e. The van der Waals surface area contributed by atoms with Crippen molar-refractivity contribution in [1.82, 2.24) is 15.5 Å². The average molecular weight is 377 g/mol. The van der Waals surface area contributed by atoms with E-state index in [1.54, 1.807) is 13.0 Å². The minimum absolute atomic E-state index is 0.0421. The first-order valence-electron chi connectivity index (χ1n) is 8.66. The van der Waals surface area contributed by atoms with E-state index in [1.807, 2.05) is 19.1 Å². The van der Waals surface area contributed by atoms with Gasteiger partial charge in [-0.25, -0.2) is 8.42 Å². The molecule has 0 radical (unpaired) electrons. The van der Waals surface area contributed by atoms with Gasteiger partial charge in [0.2, 0.25) is 11.8 Å². The fraction of sp³-hybridized carbons (Fsp3) is 0.500. The maximum Gasteiger partial charge on any atom is 0.248 e. The molecule has 0 spiro atoms. The monoisotopic (exact) mass is 377 g/mol. The molecule has 0 saturated heterocycles. The zero-order chi connectivity index (χ0) is 18.9. The molecule has 0 bridgehead atoms. The topological polar surface area (TPSA) is 102 Å². The number of hydrogen-bond acceptors (Lipinski definition) is 6. The molecule has 1 N–H and O–H groups in total. The molecular weight excluding hydrogens is 354 g/mol. The third-order valence-corrected chi connectivity index (χ3v) is 7.64. The van der Waals surface area contributed by atoms with Crippen molar-refractivity contribution in [3.63, 3.8) is 0 Å². The van der Waals surface area contributed by atoms with Crippen LogP contribution in [0.4, 0.5) is 0 Å². The average Bonchev–Trinajstić information content (AvgIpc) is 3.26. The highest BCUT2D eigenvalue weighted by Crippen LogP contribution is 2.48. The Bertz CT molecular complexity index is 928. The van der Waals surface area contributed by atoms with Crippen molar-refractivity contribution >= 4 is 15.7 Å². The molecule has 8 heteroatoms. The predicted molar refractivity (Wildman–Crippen MR) is 95.3 cm³/mol. The Kier molecular flexibility index (Phi) is 4.88. The van der Waals surface area contributed by atoms with E-state index in [0.29, 0.717) is 23.3 Å². The van der Waals surface area contributed by atoms with E-state index in [9.17, 15) is 13.2 Å². The lowest BCUT2D eigenvalue weighted by molar-refractivity contribution is -0.120. The Morgan fingerprint density at radius 1 is 1.27 bits per heavy atom. The number of carbonyl (C=O) groups is 1. The summed E-state index contributed by atoms with van der Waals surface area (Å²) in [6.07, 6.45) is 2.38. The number of aromatic nitrogens is 2. The number of carbonyl (C=O) groups excluding carboxylic acids is 1. The van der Waals surface area contributed by atoms with Crippen LogP contribution in [0.15, 0.2) is 27.6 Å². The molecular formula is C18H23N3O4S. The number of hydrogen-bond donors (Lipinski definition) is 1. The van der Waals surface area contributed by atoms with E-state index in [0.717, 1.165) is 18.4 Å². The predicted octanol–water partition coefficient (Wildman–Crippen LogP) is 2.22. The van der Waals surface area contributed by atoms with E-state index in [4.69, 9.17) is 4.52 Å². The molecule has 1 heterocycles. The standard InChI is InChI=1S/C18H23N3O4S/c1-12-6-7-13(2)14(10-12)26(23,24)18(8-4-5-9-18)17-20-15(21-25-17)11-16(22)19-3/h6-7,10H,4-5,8-9,11H2,1-3H3,(H,19,22). The Labute approximate surface area is 153 Å². The molecule has 3 rings (SSSR count). The van der Waals surface area contributed by atoms with Gasteiger partial charge >= 0.3 is 0 Å². The third-order valence-electron chi connectivity index (χ3n) is 5.01. The molecule has 0 unspecified atom stereocenters. The van der Waals surface area contributed by atoms with E-state index >= 15 is 0 Å². The van der Waals surface area contributed by atoms with Gasteiger partial charge in [-0.15, -0.1) is 0 Å². The first-order valence-corrected chi connectivity index (χ1v) is 10.1. The van der Waals surface area contributed by atoms with Crippen molar-refractivity contribution in [2.24, 2.45) is 0 Å². The summed E-state index contributed by atoms with van der Waals surface area (Å²) in [4.78, 5) is 16.1. The summed E-state index contributed by atoms with van der Waals surface area (Å²) in [5.74, 6) is 0.0341. The van der Waals surface area contributed by atoms with Gasteiger partial charge in [0, 0.05) is 7.05 Å². The summed E-state index contributed by atoms with van der Waals surface area (Å²) < 4.78 is 31.4.